The molecule has 0 aromatic heterocycles. The smallest absolute Gasteiger partial charge is 0.108 e. The van der Waals surface area contributed by atoms with Crippen molar-refractivity contribution in [3.8, 4) is 0 Å². The summed E-state index contributed by atoms with van der Waals surface area (Å²) >= 11 is 0. The second kappa shape index (κ2) is 2.73. The molecular weight excluding hydrogens is 127 g/mol. The van der Waals surface area contributed by atoms with Crippen LogP contribution >= 0.6 is 0 Å². The van der Waals surface area contributed by atoms with Crippen LogP contribution in [0.25, 0.3) is 0 Å². The van der Waals surface area contributed by atoms with Gasteiger partial charge in [0.25, 0.3) is 0 Å². The summed E-state index contributed by atoms with van der Waals surface area (Å²) in [5, 5.41) is 0. The van der Waals surface area contributed by atoms with Crippen LogP contribution in [-0.4, -0.2) is 5.67 Å². The highest BCUT2D eigenvalue weighted by Crippen LogP contribution is 2.34. The Balaban J connectivity index is 2.38. The van der Waals surface area contributed by atoms with Gasteiger partial charge in [0, 0.05) is 0 Å². The minimum atomic E-state index is -0.889. The fourth-order valence-corrected chi connectivity index (χ4v) is 1.48. The van der Waals surface area contributed by atoms with Gasteiger partial charge >= 0.3 is 0 Å². The van der Waals surface area contributed by atoms with Crippen molar-refractivity contribution in [2.45, 2.75) is 38.3 Å². The van der Waals surface area contributed by atoms with Crippen molar-refractivity contribution in [3.05, 3.63) is 12.7 Å². The number of rotatable bonds is 1. The standard InChI is InChI=1S/C9H15F/c1-3-8-4-6-9(2,10)7-5-8/h3,8H,1,4-7H2,2H3. The normalized spacial score (nSPS) is 41.2. The fourth-order valence-electron chi connectivity index (χ4n) is 1.48. The van der Waals surface area contributed by atoms with Gasteiger partial charge in [-0.1, -0.05) is 6.08 Å². The molecule has 10 heavy (non-hydrogen) atoms. The molecule has 1 rings (SSSR count). The summed E-state index contributed by atoms with van der Waals surface area (Å²) < 4.78 is 13.1. The molecule has 0 saturated heterocycles. The maximum atomic E-state index is 13.1. The van der Waals surface area contributed by atoms with E-state index in [1.165, 1.54) is 0 Å². The molecule has 0 radical (unpaired) electrons. The Morgan fingerprint density at radius 1 is 1.50 bits per heavy atom. The van der Waals surface area contributed by atoms with E-state index in [2.05, 4.69) is 6.58 Å². The van der Waals surface area contributed by atoms with E-state index in [9.17, 15) is 4.39 Å². The van der Waals surface area contributed by atoms with Crippen LogP contribution in [0.1, 0.15) is 32.6 Å². The number of hydrogen-bond acceptors (Lipinski definition) is 0. The maximum Gasteiger partial charge on any atom is 0.108 e. The molecule has 58 valence electrons. The molecule has 0 atom stereocenters. The molecule has 0 heterocycles. The van der Waals surface area contributed by atoms with Gasteiger partial charge < -0.3 is 0 Å². The van der Waals surface area contributed by atoms with Gasteiger partial charge in [0.2, 0.25) is 0 Å². The Labute approximate surface area is 62.1 Å². The molecule has 0 bridgehead atoms. The summed E-state index contributed by atoms with van der Waals surface area (Å²) in [6, 6.07) is 0. The van der Waals surface area contributed by atoms with Gasteiger partial charge in [0.1, 0.15) is 5.67 Å². The topological polar surface area (TPSA) is 0 Å². The van der Waals surface area contributed by atoms with Gasteiger partial charge in [-0.15, -0.1) is 6.58 Å². The van der Waals surface area contributed by atoms with Crippen molar-refractivity contribution in [2.24, 2.45) is 5.92 Å². The molecule has 0 amide bonds. The predicted octanol–water partition coefficient (Wildman–Crippen LogP) is 3.09. The molecule has 0 nitrogen and oxygen atoms in total. The van der Waals surface area contributed by atoms with Crippen molar-refractivity contribution < 1.29 is 4.39 Å². The maximum absolute atomic E-state index is 13.1. The van der Waals surface area contributed by atoms with E-state index < -0.39 is 5.67 Å². The third-order valence-corrected chi connectivity index (χ3v) is 2.41. The molecular formula is C9H15F. The minimum Gasteiger partial charge on any atom is -0.244 e. The molecule has 1 fully saturated rings. The number of hydrogen-bond donors (Lipinski definition) is 0. The highest BCUT2D eigenvalue weighted by molar-refractivity contribution is 4.88. The Kier molecular flexibility index (Phi) is 2.12. The van der Waals surface area contributed by atoms with Crippen LogP contribution in [0.4, 0.5) is 4.39 Å². The predicted molar refractivity (Wildman–Crippen MR) is 41.7 cm³/mol. The summed E-state index contributed by atoms with van der Waals surface area (Å²) in [5.41, 5.74) is -0.889. The van der Waals surface area contributed by atoms with Gasteiger partial charge in [-0.05, 0) is 38.5 Å². The van der Waals surface area contributed by atoms with Crippen molar-refractivity contribution in [1.82, 2.24) is 0 Å². The molecule has 1 aliphatic rings. The van der Waals surface area contributed by atoms with Crippen molar-refractivity contribution in [1.29, 1.82) is 0 Å². The third kappa shape index (κ3) is 1.83. The second-order valence-corrected chi connectivity index (χ2v) is 3.49. The average Bonchev–Trinajstić information content (AvgIpc) is 1.88. The Morgan fingerprint density at radius 3 is 2.40 bits per heavy atom. The van der Waals surface area contributed by atoms with Gasteiger partial charge in [0.15, 0.2) is 0 Å². The average molecular weight is 142 g/mol. The fraction of sp³-hybridized carbons (Fsp3) is 0.778. The lowest BCUT2D eigenvalue weighted by atomic mass is 9.81. The van der Waals surface area contributed by atoms with Crippen LogP contribution in [0, 0.1) is 5.92 Å². The van der Waals surface area contributed by atoms with E-state index in [-0.39, 0.29) is 0 Å². The first-order valence-corrected chi connectivity index (χ1v) is 3.95. The van der Waals surface area contributed by atoms with Gasteiger partial charge in [0.05, 0.1) is 0 Å². The van der Waals surface area contributed by atoms with Gasteiger partial charge in [-0.2, -0.15) is 0 Å². The lowest BCUT2D eigenvalue weighted by Crippen LogP contribution is -2.24. The highest BCUT2D eigenvalue weighted by Gasteiger charge is 2.28. The Hall–Kier alpha value is -0.330. The summed E-state index contributed by atoms with van der Waals surface area (Å²) in [6.07, 6.45) is 5.34. The van der Waals surface area contributed by atoms with Crippen LogP contribution in [0.2, 0.25) is 0 Å². The molecule has 1 aliphatic carbocycles. The molecule has 0 N–H and O–H groups in total. The van der Waals surface area contributed by atoms with E-state index in [4.69, 9.17) is 0 Å². The van der Waals surface area contributed by atoms with Gasteiger partial charge in [-0.3, -0.25) is 0 Å². The Morgan fingerprint density at radius 2 is 2.00 bits per heavy atom. The number of halogens is 1. The van der Waals surface area contributed by atoms with E-state index >= 15 is 0 Å². The number of alkyl halides is 1. The largest absolute Gasteiger partial charge is 0.244 e. The zero-order chi connectivity index (χ0) is 7.61. The molecule has 1 heteroatoms. The monoisotopic (exact) mass is 142 g/mol. The minimum absolute atomic E-state index is 0.573. The van der Waals surface area contributed by atoms with E-state index in [0.717, 1.165) is 12.8 Å². The number of allylic oxidation sites excluding steroid dienone is 1. The van der Waals surface area contributed by atoms with Crippen LogP contribution in [0.15, 0.2) is 12.7 Å². The van der Waals surface area contributed by atoms with Crippen LogP contribution in [-0.2, 0) is 0 Å². The zero-order valence-corrected chi connectivity index (χ0v) is 6.57. The molecule has 0 aromatic rings. The molecule has 1 saturated carbocycles. The van der Waals surface area contributed by atoms with E-state index in [1.54, 1.807) is 6.92 Å². The third-order valence-electron chi connectivity index (χ3n) is 2.41. The first-order valence-electron chi connectivity index (χ1n) is 3.95. The van der Waals surface area contributed by atoms with Crippen LogP contribution in [0.3, 0.4) is 0 Å². The summed E-state index contributed by atoms with van der Waals surface area (Å²) in [5.74, 6) is 0.573. The molecule has 0 aromatic carbocycles. The quantitative estimate of drug-likeness (QED) is 0.493. The van der Waals surface area contributed by atoms with E-state index in [1.807, 2.05) is 6.08 Å². The molecule has 0 unspecified atom stereocenters. The first kappa shape index (κ1) is 7.77. The first-order chi connectivity index (χ1) is 4.64. The SMILES string of the molecule is C=CC1CCC(C)(F)CC1. The zero-order valence-electron chi connectivity index (χ0n) is 6.57. The van der Waals surface area contributed by atoms with Crippen molar-refractivity contribution >= 4 is 0 Å². The Bertz CT molecular complexity index is 117. The molecule has 0 spiro atoms. The second-order valence-electron chi connectivity index (χ2n) is 3.49. The lowest BCUT2D eigenvalue weighted by Gasteiger charge is -2.29. The highest BCUT2D eigenvalue weighted by atomic mass is 19.1. The van der Waals surface area contributed by atoms with Gasteiger partial charge in [-0.25, -0.2) is 4.39 Å². The summed E-state index contributed by atoms with van der Waals surface area (Å²) in [4.78, 5) is 0. The van der Waals surface area contributed by atoms with Crippen LogP contribution in [0.5, 0.6) is 0 Å². The summed E-state index contributed by atoms with van der Waals surface area (Å²) in [7, 11) is 0. The molecule has 0 aliphatic heterocycles. The van der Waals surface area contributed by atoms with Crippen molar-refractivity contribution in [2.75, 3.05) is 0 Å². The summed E-state index contributed by atoms with van der Waals surface area (Å²) in [6.45, 7) is 5.41. The van der Waals surface area contributed by atoms with Crippen LogP contribution < -0.4 is 0 Å². The van der Waals surface area contributed by atoms with Crippen molar-refractivity contribution in [3.63, 3.8) is 0 Å². The van der Waals surface area contributed by atoms with E-state index in [0.29, 0.717) is 18.8 Å². The lowest BCUT2D eigenvalue weighted by molar-refractivity contribution is 0.114.